The Morgan fingerprint density at radius 2 is 1.32 bits per heavy atom. The number of fused-ring (bicyclic) bond motifs is 1. The highest BCUT2D eigenvalue weighted by molar-refractivity contribution is 5.85. The summed E-state index contributed by atoms with van der Waals surface area (Å²) in [7, 11) is 1.63. The van der Waals surface area contributed by atoms with E-state index >= 15 is 4.39 Å². The van der Waals surface area contributed by atoms with Crippen LogP contribution in [0.15, 0.2) is 84.9 Å². The van der Waals surface area contributed by atoms with Crippen LogP contribution in [0.5, 0.6) is 5.75 Å². The summed E-state index contributed by atoms with van der Waals surface area (Å²) in [6.07, 6.45) is 1.23. The van der Waals surface area contributed by atoms with Crippen molar-refractivity contribution in [3.05, 3.63) is 102 Å². The molecule has 2 aliphatic rings. The van der Waals surface area contributed by atoms with Crippen LogP contribution in [0.3, 0.4) is 0 Å². The Kier molecular flexibility index (Phi) is 6.09. The SMILES string of the molecule is COc1ccccc1C1(F)CCC(c2ccccc2)(c2ccccc2)C2CNCC21.Cl. The molecule has 3 atom stereocenters. The monoisotopic (exact) mass is 437 g/mol. The highest BCUT2D eigenvalue weighted by atomic mass is 35.5. The van der Waals surface area contributed by atoms with Gasteiger partial charge in [0.1, 0.15) is 11.4 Å². The van der Waals surface area contributed by atoms with Crippen molar-refractivity contribution < 1.29 is 9.13 Å². The first kappa shape index (κ1) is 21.9. The maximum absolute atomic E-state index is 17.0. The molecule has 1 saturated carbocycles. The summed E-state index contributed by atoms with van der Waals surface area (Å²) in [4.78, 5) is 0. The number of nitrogens with one attached hydrogen (secondary N) is 1. The summed E-state index contributed by atoms with van der Waals surface area (Å²) in [6, 6.07) is 29.0. The normalized spacial score (nSPS) is 26.5. The Bertz CT molecular complexity index is 973. The lowest BCUT2D eigenvalue weighted by Crippen LogP contribution is -2.52. The fourth-order valence-electron chi connectivity index (χ4n) is 6.10. The van der Waals surface area contributed by atoms with Crippen molar-refractivity contribution in [1.29, 1.82) is 0 Å². The molecule has 0 aromatic heterocycles. The number of benzene rings is 3. The summed E-state index contributed by atoms with van der Waals surface area (Å²) in [5.41, 5.74) is 1.66. The van der Waals surface area contributed by atoms with Gasteiger partial charge in [0.2, 0.25) is 0 Å². The fraction of sp³-hybridized carbons (Fsp3) is 0.333. The van der Waals surface area contributed by atoms with E-state index in [1.807, 2.05) is 24.3 Å². The summed E-state index contributed by atoms with van der Waals surface area (Å²) in [5, 5.41) is 3.54. The number of hydrogen-bond acceptors (Lipinski definition) is 2. The van der Waals surface area contributed by atoms with E-state index in [2.05, 4.69) is 66.0 Å². The lowest BCUT2D eigenvalue weighted by Gasteiger charge is -2.52. The molecule has 162 valence electrons. The molecule has 3 aromatic rings. The first-order valence-electron chi connectivity index (χ1n) is 10.8. The molecule has 4 heteroatoms. The Morgan fingerprint density at radius 3 is 1.94 bits per heavy atom. The van der Waals surface area contributed by atoms with Crippen LogP contribution in [0.4, 0.5) is 4.39 Å². The van der Waals surface area contributed by atoms with Crippen LogP contribution >= 0.6 is 12.4 Å². The summed E-state index contributed by atoms with van der Waals surface area (Å²) in [5.74, 6) is 0.687. The zero-order chi connectivity index (χ0) is 20.6. The van der Waals surface area contributed by atoms with Crippen molar-refractivity contribution in [1.82, 2.24) is 5.32 Å². The largest absolute Gasteiger partial charge is 0.496 e. The zero-order valence-corrected chi connectivity index (χ0v) is 18.6. The maximum atomic E-state index is 17.0. The van der Waals surface area contributed by atoms with Gasteiger partial charge in [0.05, 0.1) is 7.11 Å². The standard InChI is InChI=1S/C27H28FNO.ClH/c1-30-25-15-9-8-14-22(25)27(28)17-16-26(20-10-4-2-5-11-20,21-12-6-3-7-13-21)23-18-29-19-24(23)27;/h2-15,23-24,29H,16-19H2,1H3;1H. The molecule has 1 N–H and O–H groups in total. The van der Waals surface area contributed by atoms with E-state index < -0.39 is 5.67 Å². The van der Waals surface area contributed by atoms with Gasteiger partial charge >= 0.3 is 0 Å². The number of halogens is 2. The first-order chi connectivity index (χ1) is 14.7. The van der Waals surface area contributed by atoms with Gasteiger partial charge in [0.25, 0.3) is 0 Å². The number of hydrogen-bond donors (Lipinski definition) is 1. The second-order valence-corrected chi connectivity index (χ2v) is 8.64. The van der Waals surface area contributed by atoms with E-state index in [1.165, 1.54) is 11.1 Å². The third-order valence-corrected chi connectivity index (χ3v) is 7.45. The summed E-state index contributed by atoms with van der Waals surface area (Å²) >= 11 is 0. The van der Waals surface area contributed by atoms with E-state index in [4.69, 9.17) is 4.74 Å². The molecule has 5 rings (SSSR count). The van der Waals surface area contributed by atoms with Gasteiger partial charge in [-0.3, -0.25) is 0 Å². The average Bonchev–Trinajstić information content (AvgIpc) is 3.33. The second kappa shape index (κ2) is 8.64. The quantitative estimate of drug-likeness (QED) is 0.548. The Labute approximate surface area is 190 Å². The molecule has 3 aromatic carbocycles. The molecule has 3 unspecified atom stereocenters. The van der Waals surface area contributed by atoms with Gasteiger partial charge in [-0.15, -0.1) is 12.4 Å². The average molecular weight is 438 g/mol. The first-order valence-corrected chi connectivity index (χ1v) is 10.8. The van der Waals surface area contributed by atoms with Crippen LogP contribution in [-0.4, -0.2) is 20.2 Å². The van der Waals surface area contributed by atoms with Crippen LogP contribution in [0.1, 0.15) is 29.5 Å². The molecule has 0 radical (unpaired) electrons. The third kappa shape index (κ3) is 3.35. The summed E-state index contributed by atoms with van der Waals surface area (Å²) in [6.45, 7) is 1.50. The molecule has 0 spiro atoms. The van der Waals surface area contributed by atoms with Crippen molar-refractivity contribution in [2.75, 3.05) is 20.2 Å². The van der Waals surface area contributed by atoms with Crippen molar-refractivity contribution in [3.8, 4) is 5.75 Å². The van der Waals surface area contributed by atoms with Gasteiger partial charge in [-0.1, -0.05) is 78.9 Å². The molecule has 0 amide bonds. The third-order valence-electron chi connectivity index (χ3n) is 7.45. The van der Waals surface area contributed by atoms with Gasteiger partial charge in [-0.2, -0.15) is 0 Å². The van der Waals surface area contributed by atoms with E-state index in [0.717, 1.165) is 13.0 Å². The molecule has 0 bridgehead atoms. The smallest absolute Gasteiger partial charge is 0.144 e. The molecule has 2 fully saturated rings. The van der Waals surface area contributed by atoms with Gasteiger partial charge < -0.3 is 10.1 Å². The van der Waals surface area contributed by atoms with E-state index in [0.29, 0.717) is 24.3 Å². The molecule has 2 nitrogen and oxygen atoms in total. The van der Waals surface area contributed by atoms with E-state index in [1.54, 1.807) is 7.11 Å². The van der Waals surface area contributed by atoms with Crippen molar-refractivity contribution in [2.24, 2.45) is 11.8 Å². The Balaban J connectivity index is 0.00000231. The lowest BCUT2D eigenvalue weighted by molar-refractivity contribution is -0.0137. The Morgan fingerprint density at radius 1 is 0.774 bits per heavy atom. The van der Waals surface area contributed by atoms with E-state index in [-0.39, 0.29) is 29.7 Å². The number of methoxy groups -OCH3 is 1. The minimum absolute atomic E-state index is 0. The van der Waals surface area contributed by atoms with Crippen LogP contribution in [-0.2, 0) is 11.1 Å². The van der Waals surface area contributed by atoms with Crippen LogP contribution in [0.2, 0.25) is 0 Å². The van der Waals surface area contributed by atoms with Gasteiger partial charge in [-0.25, -0.2) is 4.39 Å². The molecule has 31 heavy (non-hydrogen) atoms. The predicted octanol–water partition coefficient (Wildman–Crippen LogP) is 5.90. The zero-order valence-electron chi connectivity index (χ0n) is 17.8. The fourth-order valence-corrected chi connectivity index (χ4v) is 6.10. The highest BCUT2D eigenvalue weighted by Crippen LogP contribution is 2.60. The molecule has 1 saturated heterocycles. The van der Waals surface area contributed by atoms with Gasteiger partial charge in [-0.05, 0) is 42.5 Å². The minimum Gasteiger partial charge on any atom is -0.496 e. The number of alkyl halides is 1. The van der Waals surface area contributed by atoms with Crippen molar-refractivity contribution in [3.63, 3.8) is 0 Å². The minimum atomic E-state index is -1.41. The maximum Gasteiger partial charge on any atom is 0.144 e. The molecular weight excluding hydrogens is 409 g/mol. The van der Waals surface area contributed by atoms with Crippen LogP contribution in [0, 0.1) is 11.8 Å². The molecule has 1 heterocycles. The van der Waals surface area contributed by atoms with Gasteiger partial charge in [0, 0.05) is 23.4 Å². The number of para-hydroxylation sites is 1. The second-order valence-electron chi connectivity index (χ2n) is 8.64. The number of ether oxygens (including phenoxy) is 1. The molecule has 1 aliphatic carbocycles. The van der Waals surface area contributed by atoms with Crippen molar-refractivity contribution >= 4 is 12.4 Å². The van der Waals surface area contributed by atoms with Crippen molar-refractivity contribution in [2.45, 2.75) is 23.9 Å². The summed E-state index contributed by atoms with van der Waals surface area (Å²) < 4.78 is 22.5. The molecule has 1 aliphatic heterocycles. The molecular formula is C27H29ClFNO. The topological polar surface area (TPSA) is 21.3 Å². The van der Waals surface area contributed by atoms with Crippen LogP contribution in [0.25, 0.3) is 0 Å². The van der Waals surface area contributed by atoms with E-state index in [9.17, 15) is 0 Å². The number of rotatable bonds is 4. The van der Waals surface area contributed by atoms with Crippen LogP contribution < -0.4 is 10.1 Å². The van der Waals surface area contributed by atoms with Gasteiger partial charge in [0.15, 0.2) is 0 Å². The predicted molar refractivity (Wildman–Crippen MR) is 126 cm³/mol. The highest BCUT2D eigenvalue weighted by Gasteiger charge is 2.60. The lowest BCUT2D eigenvalue weighted by atomic mass is 9.52. The Hall–Kier alpha value is -2.36.